The molecule has 1 aliphatic heterocycles. The Morgan fingerprint density at radius 3 is 2.71 bits per heavy atom. The molecule has 8 nitrogen and oxygen atoms in total. The standard InChI is InChI=1S/C22H20BrN5O3/c1-22(30)18(21(29)26-16-5-3-4-6-17(16)31-2)19(13-7-9-15(23)10-8-13)27-20-14(11-24)12-25-28(20)22/h3-10,12,18-19,27,30H,1-2H3,(H,26,29)/t18-,19+,22-/m0/s1. The van der Waals surface area contributed by atoms with Crippen molar-refractivity contribution < 1.29 is 14.6 Å². The van der Waals surface area contributed by atoms with Crippen molar-refractivity contribution in [3.05, 3.63) is 70.3 Å². The summed E-state index contributed by atoms with van der Waals surface area (Å²) in [5.41, 5.74) is -0.158. The lowest BCUT2D eigenvalue weighted by Gasteiger charge is -2.43. The molecule has 2 aromatic carbocycles. The van der Waals surface area contributed by atoms with E-state index in [1.165, 1.54) is 24.9 Å². The minimum absolute atomic E-state index is 0.283. The lowest BCUT2D eigenvalue weighted by Crippen LogP contribution is -2.53. The maximum Gasteiger partial charge on any atom is 0.234 e. The Balaban J connectivity index is 1.80. The number of halogens is 1. The molecule has 0 radical (unpaired) electrons. The number of amides is 1. The number of hydrogen-bond acceptors (Lipinski definition) is 6. The molecule has 1 aliphatic rings. The van der Waals surface area contributed by atoms with Gasteiger partial charge < -0.3 is 20.5 Å². The molecular weight excluding hydrogens is 462 g/mol. The molecule has 0 saturated carbocycles. The van der Waals surface area contributed by atoms with Crippen molar-refractivity contribution in [1.29, 1.82) is 5.26 Å². The number of rotatable bonds is 4. The molecule has 1 aromatic heterocycles. The third-order valence-electron chi connectivity index (χ3n) is 5.41. The molecule has 31 heavy (non-hydrogen) atoms. The van der Waals surface area contributed by atoms with Crippen LogP contribution in [0.3, 0.4) is 0 Å². The van der Waals surface area contributed by atoms with Crippen LogP contribution in [0.4, 0.5) is 11.5 Å². The largest absolute Gasteiger partial charge is 0.495 e. The van der Waals surface area contributed by atoms with Crippen molar-refractivity contribution in [3.63, 3.8) is 0 Å². The maximum absolute atomic E-state index is 13.5. The second kappa shape index (κ2) is 8.06. The zero-order chi connectivity index (χ0) is 22.2. The van der Waals surface area contributed by atoms with Crippen LogP contribution in [0.15, 0.2) is 59.2 Å². The number of carbonyl (C=O) groups excluding carboxylic acids is 1. The van der Waals surface area contributed by atoms with Gasteiger partial charge in [0.25, 0.3) is 0 Å². The molecule has 1 amide bonds. The van der Waals surface area contributed by atoms with Crippen LogP contribution in [0, 0.1) is 17.2 Å². The first-order valence-electron chi connectivity index (χ1n) is 9.53. The molecule has 2 heterocycles. The number of nitrogens with one attached hydrogen (secondary N) is 2. The molecule has 0 spiro atoms. The molecule has 0 aliphatic carbocycles. The van der Waals surface area contributed by atoms with E-state index in [0.717, 1.165) is 10.0 Å². The first-order valence-corrected chi connectivity index (χ1v) is 10.3. The van der Waals surface area contributed by atoms with E-state index in [1.54, 1.807) is 24.3 Å². The molecule has 0 bridgehead atoms. The van der Waals surface area contributed by atoms with E-state index >= 15 is 0 Å². The van der Waals surface area contributed by atoms with E-state index < -0.39 is 23.6 Å². The molecule has 0 fully saturated rings. The average molecular weight is 482 g/mol. The number of nitrogens with zero attached hydrogens (tertiary/aromatic N) is 3. The monoisotopic (exact) mass is 481 g/mol. The topological polar surface area (TPSA) is 112 Å². The van der Waals surface area contributed by atoms with Crippen molar-refractivity contribution in [1.82, 2.24) is 9.78 Å². The van der Waals surface area contributed by atoms with Crippen LogP contribution >= 0.6 is 15.9 Å². The molecule has 3 aromatic rings. The van der Waals surface area contributed by atoms with Gasteiger partial charge in [-0.05, 0) is 36.8 Å². The predicted molar refractivity (Wildman–Crippen MR) is 118 cm³/mol. The van der Waals surface area contributed by atoms with Crippen LogP contribution in [0.1, 0.15) is 24.1 Å². The first-order chi connectivity index (χ1) is 14.9. The summed E-state index contributed by atoms with van der Waals surface area (Å²) in [6.07, 6.45) is 1.37. The number of benzene rings is 2. The second-order valence-electron chi connectivity index (χ2n) is 7.37. The molecular formula is C22H20BrN5O3. The van der Waals surface area contributed by atoms with Gasteiger partial charge in [-0.25, -0.2) is 4.68 Å². The van der Waals surface area contributed by atoms with E-state index in [2.05, 4.69) is 37.7 Å². The quantitative estimate of drug-likeness (QED) is 0.524. The van der Waals surface area contributed by atoms with E-state index in [-0.39, 0.29) is 5.56 Å². The normalized spacial score (nSPS) is 22.0. The van der Waals surface area contributed by atoms with Crippen LogP contribution in [-0.4, -0.2) is 27.9 Å². The molecule has 4 rings (SSSR count). The predicted octanol–water partition coefficient (Wildman–Crippen LogP) is 3.61. The summed E-state index contributed by atoms with van der Waals surface area (Å²) in [5, 5.41) is 31.2. The number of methoxy groups -OCH3 is 1. The second-order valence-corrected chi connectivity index (χ2v) is 8.28. The molecule has 158 valence electrons. The van der Waals surface area contributed by atoms with Gasteiger partial charge >= 0.3 is 0 Å². The molecule has 0 saturated heterocycles. The van der Waals surface area contributed by atoms with Crippen LogP contribution in [0.2, 0.25) is 0 Å². The zero-order valence-corrected chi connectivity index (χ0v) is 18.4. The number of aliphatic hydroxyl groups is 1. The van der Waals surface area contributed by atoms with Crippen LogP contribution in [-0.2, 0) is 10.5 Å². The van der Waals surface area contributed by atoms with Crippen molar-refractivity contribution in [2.24, 2.45) is 5.92 Å². The van der Waals surface area contributed by atoms with E-state index in [9.17, 15) is 15.2 Å². The fourth-order valence-electron chi connectivity index (χ4n) is 3.89. The molecule has 9 heteroatoms. The Labute approximate surface area is 187 Å². The number of carbonyl (C=O) groups is 1. The number of ether oxygens (including phenoxy) is 1. The Bertz CT molecular complexity index is 1170. The van der Waals surface area contributed by atoms with Crippen LogP contribution < -0.4 is 15.4 Å². The Morgan fingerprint density at radius 1 is 1.32 bits per heavy atom. The lowest BCUT2D eigenvalue weighted by atomic mass is 9.82. The summed E-state index contributed by atoms with van der Waals surface area (Å²) in [5.74, 6) is -0.528. The third kappa shape index (κ3) is 3.65. The summed E-state index contributed by atoms with van der Waals surface area (Å²) in [4.78, 5) is 13.5. The highest BCUT2D eigenvalue weighted by Gasteiger charge is 2.50. The number of anilines is 2. The molecule has 3 atom stereocenters. The van der Waals surface area contributed by atoms with Gasteiger partial charge in [0, 0.05) is 4.47 Å². The maximum atomic E-state index is 13.5. The highest BCUT2D eigenvalue weighted by Crippen LogP contribution is 2.44. The fraction of sp³-hybridized carbons (Fsp3) is 0.227. The minimum atomic E-state index is -1.71. The van der Waals surface area contributed by atoms with Crippen molar-refractivity contribution in [3.8, 4) is 11.8 Å². The number of nitriles is 1. The van der Waals surface area contributed by atoms with E-state index in [0.29, 0.717) is 17.3 Å². The van der Waals surface area contributed by atoms with E-state index in [4.69, 9.17) is 4.74 Å². The summed E-state index contributed by atoms with van der Waals surface area (Å²) in [6.45, 7) is 1.52. The highest BCUT2D eigenvalue weighted by atomic mass is 79.9. The van der Waals surface area contributed by atoms with Crippen molar-refractivity contribution >= 4 is 33.3 Å². The smallest absolute Gasteiger partial charge is 0.234 e. The van der Waals surface area contributed by atoms with Gasteiger partial charge in [0.1, 0.15) is 29.1 Å². The summed E-state index contributed by atoms with van der Waals surface area (Å²) >= 11 is 3.42. The summed E-state index contributed by atoms with van der Waals surface area (Å²) < 4.78 is 7.50. The van der Waals surface area contributed by atoms with Crippen LogP contribution in [0.5, 0.6) is 5.75 Å². The Hall–Kier alpha value is -3.35. The summed E-state index contributed by atoms with van der Waals surface area (Å²) in [6, 6.07) is 15.9. The number of para-hydroxylation sites is 2. The van der Waals surface area contributed by atoms with Gasteiger partial charge in [0.15, 0.2) is 5.72 Å². The fourth-order valence-corrected chi connectivity index (χ4v) is 4.16. The lowest BCUT2D eigenvalue weighted by molar-refractivity contribution is -0.143. The van der Waals surface area contributed by atoms with Crippen molar-refractivity contribution in [2.45, 2.75) is 18.7 Å². The average Bonchev–Trinajstić information content (AvgIpc) is 3.18. The van der Waals surface area contributed by atoms with E-state index in [1.807, 2.05) is 24.3 Å². The van der Waals surface area contributed by atoms with Gasteiger partial charge in [0.2, 0.25) is 5.91 Å². The third-order valence-corrected chi connectivity index (χ3v) is 5.94. The highest BCUT2D eigenvalue weighted by molar-refractivity contribution is 9.10. The minimum Gasteiger partial charge on any atom is -0.495 e. The zero-order valence-electron chi connectivity index (χ0n) is 16.8. The van der Waals surface area contributed by atoms with Gasteiger partial charge in [-0.1, -0.05) is 40.2 Å². The Morgan fingerprint density at radius 2 is 2.03 bits per heavy atom. The molecule has 3 N–H and O–H groups in total. The number of fused-ring (bicyclic) bond motifs is 1. The van der Waals surface area contributed by atoms with Crippen LogP contribution in [0.25, 0.3) is 0 Å². The Kier molecular flexibility index (Phi) is 5.43. The van der Waals surface area contributed by atoms with Gasteiger partial charge in [-0.15, -0.1) is 0 Å². The first kappa shape index (κ1) is 20.9. The molecule has 0 unspecified atom stereocenters. The SMILES string of the molecule is COc1ccccc1NC(=O)[C@@H]1[C@@H](c2ccc(Br)cc2)Nc2c(C#N)cnn2[C@@]1(C)O. The summed E-state index contributed by atoms with van der Waals surface area (Å²) in [7, 11) is 1.52. The van der Waals surface area contributed by atoms with Gasteiger partial charge in [-0.2, -0.15) is 10.4 Å². The number of aromatic nitrogens is 2. The van der Waals surface area contributed by atoms with Crippen molar-refractivity contribution in [2.75, 3.05) is 17.7 Å². The van der Waals surface area contributed by atoms with Gasteiger partial charge in [0.05, 0.1) is 25.0 Å². The number of hydrogen-bond donors (Lipinski definition) is 3. The van der Waals surface area contributed by atoms with Gasteiger partial charge in [-0.3, -0.25) is 4.79 Å².